The lowest BCUT2D eigenvalue weighted by atomic mass is 9.89. The van der Waals surface area contributed by atoms with Crippen molar-refractivity contribution < 1.29 is 4.39 Å². The highest BCUT2D eigenvalue weighted by Gasteiger charge is 2.16. The van der Waals surface area contributed by atoms with Crippen LogP contribution in [0.5, 0.6) is 0 Å². The summed E-state index contributed by atoms with van der Waals surface area (Å²) in [5.41, 5.74) is 4.08. The van der Waals surface area contributed by atoms with E-state index in [0.717, 1.165) is 22.4 Å². The van der Waals surface area contributed by atoms with E-state index in [-0.39, 0.29) is 11.2 Å². The largest absolute Gasteiger partial charge is 0.260 e. The maximum atomic E-state index is 13.2. The van der Waals surface area contributed by atoms with E-state index in [1.54, 1.807) is 12.1 Å². The van der Waals surface area contributed by atoms with E-state index in [4.69, 9.17) is 0 Å². The van der Waals surface area contributed by atoms with Gasteiger partial charge in [0.15, 0.2) is 0 Å². The van der Waals surface area contributed by atoms with E-state index in [0.29, 0.717) is 0 Å². The van der Waals surface area contributed by atoms with Gasteiger partial charge < -0.3 is 0 Å². The number of pyridine rings is 1. The van der Waals surface area contributed by atoms with E-state index >= 15 is 0 Å². The highest BCUT2D eigenvalue weighted by Crippen LogP contribution is 2.27. The molecule has 0 saturated heterocycles. The summed E-state index contributed by atoms with van der Waals surface area (Å²) < 4.78 is 13.2. The van der Waals surface area contributed by atoms with Gasteiger partial charge in [0, 0.05) is 22.9 Å². The third kappa shape index (κ3) is 2.58. The first-order valence-electron chi connectivity index (χ1n) is 6.11. The first kappa shape index (κ1) is 12.7. The summed E-state index contributed by atoms with van der Waals surface area (Å²) in [5.74, 6) is -0.216. The molecule has 0 amide bonds. The van der Waals surface area contributed by atoms with Crippen LogP contribution in [0.25, 0.3) is 11.1 Å². The number of hydrogen-bond donors (Lipinski definition) is 0. The summed E-state index contributed by atoms with van der Waals surface area (Å²) in [4.78, 5) is 4.49. The van der Waals surface area contributed by atoms with Crippen LogP contribution in [-0.2, 0) is 5.41 Å². The second kappa shape index (κ2) is 4.52. The van der Waals surface area contributed by atoms with Gasteiger partial charge in [0.1, 0.15) is 5.82 Å². The van der Waals surface area contributed by atoms with Crippen molar-refractivity contribution in [2.24, 2.45) is 0 Å². The Balaban J connectivity index is 2.48. The summed E-state index contributed by atoms with van der Waals surface area (Å²) in [6.07, 6.45) is 1.84. The SMILES string of the molecule is Cc1cc(C(C)(C)C)ncc1-c1cccc(F)c1. The fourth-order valence-corrected chi connectivity index (χ4v) is 1.92. The van der Waals surface area contributed by atoms with Gasteiger partial charge in [0.25, 0.3) is 0 Å². The normalized spacial score (nSPS) is 11.6. The molecule has 0 radical (unpaired) electrons. The molecule has 0 saturated carbocycles. The fraction of sp³-hybridized carbons (Fsp3) is 0.312. The lowest BCUT2D eigenvalue weighted by molar-refractivity contribution is 0.568. The molecule has 0 aliphatic carbocycles. The maximum Gasteiger partial charge on any atom is 0.123 e. The van der Waals surface area contributed by atoms with Crippen molar-refractivity contribution in [1.82, 2.24) is 4.98 Å². The van der Waals surface area contributed by atoms with Crippen LogP contribution in [0.3, 0.4) is 0 Å². The van der Waals surface area contributed by atoms with Crippen LogP contribution < -0.4 is 0 Å². The van der Waals surface area contributed by atoms with E-state index in [9.17, 15) is 4.39 Å². The summed E-state index contributed by atoms with van der Waals surface area (Å²) in [7, 11) is 0. The number of nitrogens with zero attached hydrogens (tertiary/aromatic N) is 1. The van der Waals surface area contributed by atoms with Crippen molar-refractivity contribution in [3.63, 3.8) is 0 Å². The van der Waals surface area contributed by atoms with Gasteiger partial charge in [-0.3, -0.25) is 4.98 Å². The first-order chi connectivity index (χ1) is 8.38. The van der Waals surface area contributed by atoms with E-state index < -0.39 is 0 Å². The number of halogens is 1. The molecule has 2 rings (SSSR count). The molecule has 0 atom stereocenters. The van der Waals surface area contributed by atoms with Crippen molar-refractivity contribution in [3.05, 3.63) is 53.6 Å². The van der Waals surface area contributed by atoms with E-state index in [1.165, 1.54) is 6.07 Å². The second-order valence-corrected chi connectivity index (χ2v) is 5.64. The summed E-state index contributed by atoms with van der Waals surface area (Å²) in [5, 5.41) is 0. The van der Waals surface area contributed by atoms with Gasteiger partial charge in [-0.25, -0.2) is 4.39 Å². The van der Waals surface area contributed by atoms with Crippen LogP contribution >= 0.6 is 0 Å². The zero-order chi connectivity index (χ0) is 13.3. The minimum Gasteiger partial charge on any atom is -0.260 e. The molecule has 0 unspecified atom stereocenters. The number of hydrogen-bond acceptors (Lipinski definition) is 1. The monoisotopic (exact) mass is 243 g/mol. The maximum absolute atomic E-state index is 13.2. The number of benzene rings is 1. The molecule has 18 heavy (non-hydrogen) atoms. The Labute approximate surface area is 108 Å². The van der Waals surface area contributed by atoms with Crippen LogP contribution in [0.15, 0.2) is 36.5 Å². The van der Waals surface area contributed by atoms with Gasteiger partial charge in [-0.2, -0.15) is 0 Å². The van der Waals surface area contributed by atoms with Crippen LogP contribution in [-0.4, -0.2) is 4.98 Å². The topological polar surface area (TPSA) is 12.9 Å². The Morgan fingerprint density at radius 1 is 1.11 bits per heavy atom. The minimum absolute atomic E-state index is 0.0330. The fourth-order valence-electron chi connectivity index (χ4n) is 1.92. The smallest absolute Gasteiger partial charge is 0.123 e. The molecular formula is C16H18FN. The first-order valence-corrected chi connectivity index (χ1v) is 6.11. The molecule has 2 heteroatoms. The van der Waals surface area contributed by atoms with Crippen LogP contribution in [0, 0.1) is 12.7 Å². The molecule has 0 fully saturated rings. The Morgan fingerprint density at radius 3 is 2.39 bits per heavy atom. The molecule has 0 N–H and O–H groups in total. The molecule has 94 valence electrons. The lowest BCUT2D eigenvalue weighted by Crippen LogP contribution is -2.13. The molecular weight excluding hydrogens is 225 g/mol. The Kier molecular flexibility index (Phi) is 3.20. The van der Waals surface area contributed by atoms with Crippen molar-refractivity contribution in [2.45, 2.75) is 33.1 Å². The molecule has 2 aromatic rings. The van der Waals surface area contributed by atoms with Gasteiger partial charge in [-0.15, -0.1) is 0 Å². The third-order valence-electron chi connectivity index (χ3n) is 3.01. The van der Waals surface area contributed by atoms with Crippen LogP contribution in [0.4, 0.5) is 4.39 Å². The summed E-state index contributed by atoms with van der Waals surface area (Å²) in [6, 6.07) is 8.71. The average molecular weight is 243 g/mol. The lowest BCUT2D eigenvalue weighted by Gasteiger charge is -2.19. The zero-order valence-corrected chi connectivity index (χ0v) is 11.3. The molecule has 0 spiro atoms. The number of rotatable bonds is 1. The van der Waals surface area contributed by atoms with Gasteiger partial charge in [-0.05, 0) is 36.2 Å². The quantitative estimate of drug-likeness (QED) is 0.719. The predicted molar refractivity (Wildman–Crippen MR) is 73.1 cm³/mol. The Bertz CT molecular complexity index is 568. The summed E-state index contributed by atoms with van der Waals surface area (Å²) >= 11 is 0. The standard InChI is InChI=1S/C16H18FN/c1-11-8-15(16(2,3)4)18-10-14(11)12-6-5-7-13(17)9-12/h5-10H,1-4H3. The van der Waals surface area contributed by atoms with Gasteiger partial charge in [-0.1, -0.05) is 32.9 Å². The van der Waals surface area contributed by atoms with E-state index in [2.05, 4.69) is 31.8 Å². The van der Waals surface area contributed by atoms with Crippen molar-refractivity contribution in [2.75, 3.05) is 0 Å². The zero-order valence-electron chi connectivity index (χ0n) is 11.3. The van der Waals surface area contributed by atoms with Gasteiger partial charge in [0.2, 0.25) is 0 Å². The van der Waals surface area contributed by atoms with Gasteiger partial charge in [0.05, 0.1) is 0 Å². The highest BCUT2D eigenvalue weighted by molar-refractivity contribution is 5.66. The second-order valence-electron chi connectivity index (χ2n) is 5.64. The molecule has 0 bridgehead atoms. The molecule has 1 heterocycles. The molecule has 1 aromatic heterocycles. The third-order valence-corrected chi connectivity index (χ3v) is 3.01. The van der Waals surface area contributed by atoms with Gasteiger partial charge >= 0.3 is 0 Å². The number of aromatic nitrogens is 1. The molecule has 0 aliphatic rings. The van der Waals surface area contributed by atoms with Crippen molar-refractivity contribution in [1.29, 1.82) is 0 Å². The minimum atomic E-state index is -0.216. The average Bonchev–Trinajstić information content (AvgIpc) is 2.27. The predicted octanol–water partition coefficient (Wildman–Crippen LogP) is 4.49. The van der Waals surface area contributed by atoms with Crippen LogP contribution in [0.1, 0.15) is 32.0 Å². The van der Waals surface area contributed by atoms with Crippen molar-refractivity contribution in [3.8, 4) is 11.1 Å². The number of aryl methyl sites for hydroxylation is 1. The highest BCUT2D eigenvalue weighted by atomic mass is 19.1. The molecule has 1 aromatic carbocycles. The Hall–Kier alpha value is -1.70. The van der Waals surface area contributed by atoms with E-state index in [1.807, 2.05) is 19.2 Å². The van der Waals surface area contributed by atoms with Crippen LogP contribution in [0.2, 0.25) is 0 Å². The Morgan fingerprint density at radius 2 is 1.83 bits per heavy atom. The summed E-state index contributed by atoms with van der Waals surface area (Å²) in [6.45, 7) is 8.45. The molecule has 1 nitrogen and oxygen atoms in total. The molecule has 0 aliphatic heterocycles. The van der Waals surface area contributed by atoms with Crippen molar-refractivity contribution >= 4 is 0 Å².